The summed E-state index contributed by atoms with van der Waals surface area (Å²) in [6.45, 7) is 3.23. The third-order valence-electron chi connectivity index (χ3n) is 3.71. The van der Waals surface area contributed by atoms with Gasteiger partial charge in [0.25, 0.3) is 5.52 Å². The Kier molecular flexibility index (Phi) is 3.10. The highest BCUT2D eigenvalue weighted by molar-refractivity contribution is 6.35. The van der Waals surface area contributed by atoms with Crippen LogP contribution in [0.15, 0.2) is 24.4 Å². The molecule has 3 rings (SSSR count). The molecule has 0 bridgehead atoms. The van der Waals surface area contributed by atoms with E-state index in [9.17, 15) is 5.11 Å². The van der Waals surface area contributed by atoms with Gasteiger partial charge in [-0.05, 0) is 12.1 Å². The summed E-state index contributed by atoms with van der Waals surface area (Å²) in [4.78, 5) is 4.61. The largest absolute Gasteiger partial charge is 0.502 e. The lowest BCUT2D eigenvalue weighted by atomic mass is 10.1. The molecule has 0 aliphatic carbocycles. The van der Waals surface area contributed by atoms with Gasteiger partial charge in [0, 0.05) is 18.9 Å². The molecule has 94 valence electrons. The lowest BCUT2D eigenvalue weighted by Gasteiger charge is -2.13. The zero-order valence-electron chi connectivity index (χ0n) is 10.2. The summed E-state index contributed by atoms with van der Waals surface area (Å²) in [5.41, 5.74) is 1.67. The molecule has 1 saturated heterocycles. The average Bonchev–Trinajstić information content (AvgIpc) is 2.89. The van der Waals surface area contributed by atoms with Gasteiger partial charge >= 0.3 is 0 Å². The fourth-order valence-electron chi connectivity index (χ4n) is 2.75. The quantitative estimate of drug-likeness (QED) is 0.840. The molecule has 3 N–H and O–H groups in total. The van der Waals surface area contributed by atoms with E-state index in [0.29, 0.717) is 10.8 Å². The fraction of sp³-hybridized carbons (Fsp3) is 0.357. The molecule has 1 aliphatic rings. The monoisotopic (exact) mass is 264 g/mol. The summed E-state index contributed by atoms with van der Waals surface area (Å²) in [6.07, 6.45) is 4.37. The second-order valence-electron chi connectivity index (χ2n) is 4.96. The molecule has 0 atom stereocenters. The number of hydrogen-bond donors (Lipinski definition) is 2. The number of benzene rings is 1. The molecule has 1 aliphatic heterocycles. The standard InChI is InChI=1S/C14H15ClN2O/c15-12-8-10(9-17-6-1-2-7-17)14(18)13-11(12)4-3-5-16-13/h3-5,8,18H,1-2,6-7,9H2/p+2. The first-order valence-electron chi connectivity index (χ1n) is 6.40. The SMILES string of the molecule is Oc1c(C[NH+]2CCCC2)cc(Cl)c2ccc[nH+]c12. The van der Waals surface area contributed by atoms with E-state index in [4.69, 9.17) is 11.6 Å². The van der Waals surface area contributed by atoms with Crippen molar-refractivity contribution in [3.8, 4) is 5.75 Å². The average molecular weight is 265 g/mol. The summed E-state index contributed by atoms with van der Waals surface area (Å²) in [6, 6.07) is 5.71. The van der Waals surface area contributed by atoms with Crippen LogP contribution in [0.5, 0.6) is 5.75 Å². The molecule has 1 fully saturated rings. The Balaban J connectivity index is 2.04. The number of nitrogens with one attached hydrogen (secondary N) is 2. The van der Waals surface area contributed by atoms with Gasteiger partial charge in [-0.2, -0.15) is 0 Å². The third kappa shape index (κ3) is 2.04. The second-order valence-corrected chi connectivity index (χ2v) is 5.37. The van der Waals surface area contributed by atoms with E-state index in [-0.39, 0.29) is 0 Å². The molecule has 18 heavy (non-hydrogen) atoms. The Hall–Kier alpha value is -1.32. The lowest BCUT2D eigenvalue weighted by Crippen LogP contribution is -3.08. The van der Waals surface area contributed by atoms with Crippen LogP contribution in [0.25, 0.3) is 10.9 Å². The van der Waals surface area contributed by atoms with Crippen molar-refractivity contribution >= 4 is 22.5 Å². The smallest absolute Gasteiger partial charge is 0.255 e. The number of phenols is 1. The summed E-state index contributed by atoms with van der Waals surface area (Å²) < 4.78 is 0. The number of quaternary nitrogens is 1. The number of pyridine rings is 1. The number of fused-ring (bicyclic) bond motifs is 1. The molecule has 0 amide bonds. The van der Waals surface area contributed by atoms with Crippen LogP contribution in [0.3, 0.4) is 0 Å². The van der Waals surface area contributed by atoms with Gasteiger partial charge in [0.1, 0.15) is 6.54 Å². The van der Waals surface area contributed by atoms with E-state index in [1.165, 1.54) is 30.8 Å². The van der Waals surface area contributed by atoms with Gasteiger partial charge in [0.15, 0.2) is 11.9 Å². The Morgan fingerprint density at radius 1 is 1.33 bits per heavy atom. The number of likely N-dealkylation sites (tertiary alicyclic amines) is 1. The zero-order valence-corrected chi connectivity index (χ0v) is 10.9. The molecule has 0 spiro atoms. The van der Waals surface area contributed by atoms with Gasteiger partial charge in [-0.15, -0.1) is 0 Å². The first-order chi connectivity index (χ1) is 8.75. The predicted molar refractivity (Wildman–Crippen MR) is 70.8 cm³/mol. The van der Waals surface area contributed by atoms with Gasteiger partial charge in [-0.1, -0.05) is 11.6 Å². The molecular formula is C14H17ClN2O+2. The molecule has 0 radical (unpaired) electrons. The fourth-order valence-corrected chi connectivity index (χ4v) is 3.04. The molecule has 0 saturated carbocycles. The van der Waals surface area contributed by atoms with Gasteiger partial charge in [-0.3, -0.25) is 0 Å². The van der Waals surface area contributed by atoms with Crippen LogP contribution in [0, 0.1) is 0 Å². The maximum Gasteiger partial charge on any atom is 0.255 e. The van der Waals surface area contributed by atoms with E-state index >= 15 is 0 Å². The van der Waals surface area contributed by atoms with Crippen LogP contribution in [-0.2, 0) is 6.54 Å². The van der Waals surface area contributed by atoms with Crippen molar-refractivity contribution in [2.24, 2.45) is 0 Å². The number of aromatic hydroxyl groups is 1. The van der Waals surface area contributed by atoms with E-state index in [1.807, 2.05) is 24.4 Å². The van der Waals surface area contributed by atoms with Gasteiger partial charge < -0.3 is 10.0 Å². The van der Waals surface area contributed by atoms with E-state index in [1.54, 1.807) is 0 Å². The Bertz CT molecular complexity index is 579. The van der Waals surface area contributed by atoms with Crippen molar-refractivity contribution in [3.63, 3.8) is 0 Å². The molecule has 1 aromatic heterocycles. The third-order valence-corrected chi connectivity index (χ3v) is 4.02. The van der Waals surface area contributed by atoms with Crippen molar-refractivity contribution in [1.29, 1.82) is 0 Å². The topological polar surface area (TPSA) is 38.8 Å². The van der Waals surface area contributed by atoms with E-state index < -0.39 is 0 Å². The molecule has 2 aromatic rings. The Morgan fingerprint density at radius 2 is 2.11 bits per heavy atom. The van der Waals surface area contributed by atoms with Gasteiger partial charge in [-0.25, -0.2) is 4.98 Å². The van der Waals surface area contributed by atoms with E-state index in [0.717, 1.165) is 23.0 Å². The first kappa shape index (κ1) is 11.8. The lowest BCUT2D eigenvalue weighted by molar-refractivity contribution is -0.901. The first-order valence-corrected chi connectivity index (χ1v) is 6.78. The molecular weight excluding hydrogens is 248 g/mol. The Labute approximate surface area is 111 Å². The molecule has 1 aromatic carbocycles. The Morgan fingerprint density at radius 3 is 2.89 bits per heavy atom. The minimum atomic E-state index is 0.342. The highest BCUT2D eigenvalue weighted by Gasteiger charge is 2.21. The molecule has 2 heterocycles. The normalized spacial score (nSPS) is 16.5. The minimum absolute atomic E-state index is 0.342. The summed E-state index contributed by atoms with van der Waals surface area (Å²) in [7, 11) is 0. The van der Waals surface area contributed by atoms with Crippen molar-refractivity contribution in [1.82, 2.24) is 0 Å². The van der Waals surface area contributed by atoms with Crippen molar-refractivity contribution in [2.45, 2.75) is 19.4 Å². The van der Waals surface area contributed by atoms with Crippen LogP contribution in [-0.4, -0.2) is 18.2 Å². The maximum absolute atomic E-state index is 10.3. The number of H-pyrrole nitrogens is 1. The summed E-state index contributed by atoms with van der Waals surface area (Å²) >= 11 is 6.28. The van der Waals surface area contributed by atoms with Crippen LogP contribution >= 0.6 is 11.6 Å². The summed E-state index contributed by atoms with van der Waals surface area (Å²) in [5.74, 6) is 0.342. The number of aromatic amines is 1. The number of aromatic nitrogens is 1. The number of phenolic OH excluding ortho intramolecular Hbond substituents is 1. The highest BCUT2D eigenvalue weighted by atomic mass is 35.5. The minimum Gasteiger partial charge on any atom is -0.502 e. The zero-order chi connectivity index (χ0) is 12.5. The second kappa shape index (κ2) is 4.75. The van der Waals surface area contributed by atoms with Crippen LogP contribution in [0.2, 0.25) is 5.02 Å². The maximum atomic E-state index is 10.3. The molecule has 4 heteroatoms. The number of rotatable bonds is 2. The molecule has 0 unspecified atom stereocenters. The number of hydrogen-bond acceptors (Lipinski definition) is 1. The molecule has 3 nitrogen and oxygen atoms in total. The van der Waals surface area contributed by atoms with Gasteiger partial charge in [0.05, 0.1) is 29.1 Å². The van der Waals surface area contributed by atoms with Crippen LogP contribution in [0.1, 0.15) is 18.4 Å². The van der Waals surface area contributed by atoms with E-state index in [2.05, 4.69) is 4.98 Å². The van der Waals surface area contributed by atoms with Crippen molar-refractivity contribution < 1.29 is 15.0 Å². The van der Waals surface area contributed by atoms with Crippen molar-refractivity contribution in [3.05, 3.63) is 35.0 Å². The number of halogens is 1. The van der Waals surface area contributed by atoms with Crippen LogP contribution < -0.4 is 9.88 Å². The van der Waals surface area contributed by atoms with Crippen molar-refractivity contribution in [2.75, 3.05) is 13.1 Å². The van der Waals surface area contributed by atoms with Gasteiger partial charge in [0.2, 0.25) is 0 Å². The van der Waals surface area contributed by atoms with Crippen LogP contribution in [0.4, 0.5) is 0 Å². The highest BCUT2D eigenvalue weighted by Crippen LogP contribution is 2.31. The predicted octanol–water partition coefficient (Wildman–Crippen LogP) is 1.19. The summed E-state index contributed by atoms with van der Waals surface area (Å²) in [5, 5.41) is 11.9.